The Labute approximate surface area is 154 Å². The van der Waals surface area contributed by atoms with E-state index in [1.165, 1.54) is 32.1 Å². The van der Waals surface area contributed by atoms with Crippen molar-refractivity contribution >= 4 is 11.8 Å². The fourth-order valence-electron chi connectivity index (χ4n) is 4.65. The standard InChI is InChI=1S/C19H29N5O2/c25-18-12-14(13-24(18)15-6-3-4-7-15)19(26)20-10-9-17-22-21-16-8-2-1-5-11-23(16)17/h14-15H,1-13H2,(H,20,26). The van der Waals surface area contributed by atoms with Crippen LogP contribution in [0.3, 0.4) is 0 Å². The van der Waals surface area contributed by atoms with Gasteiger partial charge in [-0.3, -0.25) is 9.59 Å². The molecule has 0 bridgehead atoms. The van der Waals surface area contributed by atoms with Crippen LogP contribution in [0.2, 0.25) is 0 Å². The van der Waals surface area contributed by atoms with E-state index in [1.54, 1.807) is 0 Å². The summed E-state index contributed by atoms with van der Waals surface area (Å²) in [4.78, 5) is 26.7. The van der Waals surface area contributed by atoms with Crippen molar-refractivity contribution in [2.45, 2.75) is 76.8 Å². The lowest BCUT2D eigenvalue weighted by molar-refractivity contribution is -0.130. The molecule has 1 atom stereocenters. The zero-order valence-electron chi connectivity index (χ0n) is 15.5. The molecule has 1 aliphatic carbocycles. The van der Waals surface area contributed by atoms with Crippen LogP contribution in [0, 0.1) is 5.92 Å². The lowest BCUT2D eigenvalue weighted by Crippen LogP contribution is -2.37. The average Bonchev–Trinajstić information content (AvgIpc) is 3.33. The van der Waals surface area contributed by atoms with Gasteiger partial charge in [0.1, 0.15) is 11.6 Å². The number of amides is 2. The molecule has 142 valence electrons. The van der Waals surface area contributed by atoms with Gasteiger partial charge in [0.05, 0.1) is 5.92 Å². The first kappa shape index (κ1) is 17.5. The largest absolute Gasteiger partial charge is 0.355 e. The van der Waals surface area contributed by atoms with Crippen LogP contribution in [0.4, 0.5) is 0 Å². The molecule has 1 aromatic heterocycles. The second-order valence-corrected chi connectivity index (χ2v) is 7.92. The van der Waals surface area contributed by atoms with E-state index in [0.29, 0.717) is 32.0 Å². The maximum Gasteiger partial charge on any atom is 0.225 e. The first-order chi connectivity index (χ1) is 12.7. The summed E-state index contributed by atoms with van der Waals surface area (Å²) in [5, 5.41) is 11.6. The number of carbonyl (C=O) groups excluding carboxylic acids is 2. The highest BCUT2D eigenvalue weighted by Gasteiger charge is 2.38. The van der Waals surface area contributed by atoms with Gasteiger partial charge in [0, 0.05) is 44.9 Å². The molecule has 26 heavy (non-hydrogen) atoms. The number of nitrogens with one attached hydrogen (secondary N) is 1. The summed E-state index contributed by atoms with van der Waals surface area (Å²) < 4.78 is 2.22. The Bertz CT molecular complexity index is 665. The molecule has 1 aromatic rings. The molecule has 1 unspecified atom stereocenters. The minimum Gasteiger partial charge on any atom is -0.355 e. The maximum absolute atomic E-state index is 12.5. The van der Waals surface area contributed by atoms with Crippen molar-refractivity contribution in [3.8, 4) is 0 Å². The van der Waals surface area contributed by atoms with Crippen molar-refractivity contribution in [3.63, 3.8) is 0 Å². The Morgan fingerprint density at radius 3 is 2.81 bits per heavy atom. The molecule has 0 aromatic carbocycles. The van der Waals surface area contributed by atoms with Crippen LogP contribution in [0.25, 0.3) is 0 Å². The molecule has 1 saturated carbocycles. The fourth-order valence-corrected chi connectivity index (χ4v) is 4.65. The van der Waals surface area contributed by atoms with Crippen LogP contribution in [-0.4, -0.2) is 50.6 Å². The fraction of sp³-hybridized carbons (Fsp3) is 0.789. The van der Waals surface area contributed by atoms with E-state index in [1.807, 2.05) is 4.90 Å². The lowest BCUT2D eigenvalue weighted by Gasteiger charge is -2.23. The molecular weight excluding hydrogens is 330 g/mol. The number of aromatic nitrogens is 3. The van der Waals surface area contributed by atoms with E-state index < -0.39 is 0 Å². The zero-order valence-corrected chi connectivity index (χ0v) is 15.5. The Kier molecular flexibility index (Phi) is 5.22. The average molecular weight is 359 g/mol. The van der Waals surface area contributed by atoms with E-state index in [9.17, 15) is 9.59 Å². The summed E-state index contributed by atoms with van der Waals surface area (Å²) >= 11 is 0. The molecule has 1 N–H and O–H groups in total. The number of nitrogens with zero attached hydrogens (tertiary/aromatic N) is 4. The molecular formula is C19H29N5O2. The molecule has 3 heterocycles. The van der Waals surface area contributed by atoms with Crippen molar-refractivity contribution in [1.82, 2.24) is 25.0 Å². The lowest BCUT2D eigenvalue weighted by atomic mass is 10.1. The van der Waals surface area contributed by atoms with E-state index in [4.69, 9.17) is 0 Å². The monoisotopic (exact) mass is 359 g/mol. The van der Waals surface area contributed by atoms with E-state index >= 15 is 0 Å². The number of likely N-dealkylation sites (tertiary alicyclic amines) is 1. The normalized spacial score (nSPS) is 23.9. The van der Waals surface area contributed by atoms with Crippen LogP contribution in [-0.2, 0) is 29.0 Å². The van der Waals surface area contributed by atoms with Gasteiger partial charge in [0.25, 0.3) is 0 Å². The maximum atomic E-state index is 12.5. The quantitative estimate of drug-likeness (QED) is 0.863. The van der Waals surface area contributed by atoms with Gasteiger partial charge in [-0.2, -0.15) is 0 Å². The van der Waals surface area contributed by atoms with E-state index in [0.717, 1.165) is 37.5 Å². The zero-order chi connectivity index (χ0) is 17.9. The minimum atomic E-state index is -0.196. The summed E-state index contributed by atoms with van der Waals surface area (Å²) in [5.41, 5.74) is 0. The number of rotatable bonds is 5. The van der Waals surface area contributed by atoms with Crippen LogP contribution in [0.1, 0.15) is 63.0 Å². The summed E-state index contributed by atoms with van der Waals surface area (Å²) in [6.45, 7) is 2.14. The number of fused-ring (bicyclic) bond motifs is 1. The number of aryl methyl sites for hydroxylation is 1. The molecule has 2 aliphatic heterocycles. The third kappa shape index (κ3) is 3.62. The Balaban J connectivity index is 1.27. The molecule has 2 fully saturated rings. The predicted octanol–water partition coefficient (Wildman–Crippen LogP) is 1.45. The first-order valence-electron chi connectivity index (χ1n) is 10.2. The van der Waals surface area contributed by atoms with Gasteiger partial charge < -0.3 is 14.8 Å². The second-order valence-electron chi connectivity index (χ2n) is 7.92. The molecule has 2 amide bonds. The smallest absolute Gasteiger partial charge is 0.225 e. The Hall–Kier alpha value is -1.92. The minimum absolute atomic E-state index is 0.00875. The molecule has 3 aliphatic rings. The molecule has 4 rings (SSSR count). The van der Waals surface area contributed by atoms with Crippen molar-refractivity contribution < 1.29 is 9.59 Å². The van der Waals surface area contributed by atoms with Crippen molar-refractivity contribution in [2.24, 2.45) is 5.92 Å². The van der Waals surface area contributed by atoms with Crippen molar-refractivity contribution in [2.75, 3.05) is 13.1 Å². The highest BCUT2D eigenvalue weighted by Crippen LogP contribution is 2.29. The van der Waals surface area contributed by atoms with Crippen molar-refractivity contribution in [3.05, 3.63) is 11.6 Å². The van der Waals surface area contributed by atoms with Crippen LogP contribution >= 0.6 is 0 Å². The van der Waals surface area contributed by atoms with Crippen LogP contribution in [0.5, 0.6) is 0 Å². The highest BCUT2D eigenvalue weighted by atomic mass is 16.2. The van der Waals surface area contributed by atoms with Crippen molar-refractivity contribution in [1.29, 1.82) is 0 Å². The first-order valence-corrected chi connectivity index (χ1v) is 10.2. The second kappa shape index (κ2) is 7.76. The summed E-state index contributed by atoms with van der Waals surface area (Å²) in [5.74, 6) is 2.02. The van der Waals surface area contributed by atoms with Gasteiger partial charge in [-0.25, -0.2) is 0 Å². The third-order valence-corrected chi connectivity index (χ3v) is 6.13. The predicted molar refractivity (Wildman–Crippen MR) is 96.4 cm³/mol. The summed E-state index contributed by atoms with van der Waals surface area (Å²) in [6.07, 6.45) is 10.3. The van der Waals surface area contributed by atoms with Gasteiger partial charge in [-0.1, -0.05) is 19.3 Å². The molecule has 1 saturated heterocycles. The number of hydrogen-bond acceptors (Lipinski definition) is 4. The third-order valence-electron chi connectivity index (χ3n) is 6.13. The Morgan fingerprint density at radius 1 is 1.12 bits per heavy atom. The molecule has 0 radical (unpaired) electrons. The van der Waals surface area contributed by atoms with Crippen LogP contribution in [0.15, 0.2) is 0 Å². The molecule has 7 heteroatoms. The molecule has 7 nitrogen and oxygen atoms in total. The number of carbonyl (C=O) groups is 2. The summed E-state index contributed by atoms with van der Waals surface area (Å²) in [6, 6.07) is 0.367. The SMILES string of the molecule is O=C(NCCc1nnc2n1CCCCC2)C1CC(=O)N(C2CCCC2)C1. The topological polar surface area (TPSA) is 80.1 Å². The summed E-state index contributed by atoms with van der Waals surface area (Å²) in [7, 11) is 0. The van der Waals surface area contributed by atoms with Crippen LogP contribution < -0.4 is 5.32 Å². The van der Waals surface area contributed by atoms with E-state index in [-0.39, 0.29) is 17.7 Å². The van der Waals surface area contributed by atoms with Gasteiger partial charge in [-0.05, 0) is 25.7 Å². The van der Waals surface area contributed by atoms with Gasteiger partial charge in [0.15, 0.2) is 0 Å². The highest BCUT2D eigenvalue weighted by molar-refractivity contribution is 5.89. The van der Waals surface area contributed by atoms with E-state index in [2.05, 4.69) is 20.1 Å². The van der Waals surface area contributed by atoms with Gasteiger partial charge in [0.2, 0.25) is 11.8 Å². The van der Waals surface area contributed by atoms with Gasteiger partial charge >= 0.3 is 0 Å². The number of hydrogen-bond donors (Lipinski definition) is 1. The molecule has 0 spiro atoms. The van der Waals surface area contributed by atoms with Gasteiger partial charge in [-0.15, -0.1) is 10.2 Å². The Morgan fingerprint density at radius 2 is 1.96 bits per heavy atom.